The van der Waals surface area contributed by atoms with Crippen molar-refractivity contribution in [2.75, 3.05) is 25.5 Å². The molecule has 0 bridgehead atoms. The molecule has 0 aliphatic rings. The molecule has 1 aromatic carbocycles. The first-order valence-electron chi connectivity index (χ1n) is 6.45. The standard InChI is InChI=1S/C14H21N3O3/c1-4-17(10(2)14(15)19)9-13(18)16-11-5-7-12(20-3)8-6-11/h5-8,10H,4,9H2,1-3H3,(H2,15,19)(H,16,18)/t10-/m0/s1. The van der Waals surface area contributed by atoms with Gasteiger partial charge in [-0.3, -0.25) is 14.5 Å². The molecule has 1 atom stereocenters. The topological polar surface area (TPSA) is 84.7 Å². The number of amides is 2. The lowest BCUT2D eigenvalue weighted by Gasteiger charge is -2.24. The fraction of sp³-hybridized carbons (Fsp3) is 0.429. The molecule has 0 unspecified atom stereocenters. The monoisotopic (exact) mass is 279 g/mol. The summed E-state index contributed by atoms with van der Waals surface area (Å²) in [4.78, 5) is 24.8. The second-order valence-electron chi connectivity index (χ2n) is 4.42. The molecule has 6 heteroatoms. The van der Waals surface area contributed by atoms with E-state index >= 15 is 0 Å². The predicted octanol–water partition coefficient (Wildman–Crippen LogP) is 0.829. The zero-order chi connectivity index (χ0) is 15.1. The van der Waals surface area contributed by atoms with E-state index in [1.807, 2.05) is 6.92 Å². The first-order valence-corrected chi connectivity index (χ1v) is 6.45. The molecule has 0 aliphatic carbocycles. The summed E-state index contributed by atoms with van der Waals surface area (Å²) < 4.78 is 5.04. The number of carbonyl (C=O) groups is 2. The van der Waals surface area contributed by atoms with Crippen LogP contribution in [-0.2, 0) is 9.59 Å². The number of nitrogens with two attached hydrogens (primary N) is 1. The maximum Gasteiger partial charge on any atom is 0.238 e. The lowest BCUT2D eigenvalue weighted by atomic mass is 10.2. The highest BCUT2D eigenvalue weighted by atomic mass is 16.5. The molecular weight excluding hydrogens is 258 g/mol. The fourth-order valence-corrected chi connectivity index (χ4v) is 1.76. The Bertz CT molecular complexity index is 459. The van der Waals surface area contributed by atoms with Gasteiger partial charge in [-0.05, 0) is 37.7 Å². The van der Waals surface area contributed by atoms with E-state index < -0.39 is 11.9 Å². The van der Waals surface area contributed by atoms with Crippen LogP contribution in [0.5, 0.6) is 5.75 Å². The summed E-state index contributed by atoms with van der Waals surface area (Å²) in [6.45, 7) is 4.25. The highest BCUT2D eigenvalue weighted by molar-refractivity contribution is 5.92. The average molecular weight is 279 g/mol. The number of ether oxygens (including phenoxy) is 1. The molecule has 1 aromatic rings. The maximum absolute atomic E-state index is 11.9. The fourth-order valence-electron chi connectivity index (χ4n) is 1.76. The third-order valence-electron chi connectivity index (χ3n) is 3.09. The molecule has 0 radical (unpaired) electrons. The molecular formula is C14H21N3O3. The number of nitrogens with one attached hydrogen (secondary N) is 1. The van der Waals surface area contributed by atoms with Gasteiger partial charge in [-0.15, -0.1) is 0 Å². The molecule has 6 nitrogen and oxygen atoms in total. The quantitative estimate of drug-likeness (QED) is 0.774. The zero-order valence-electron chi connectivity index (χ0n) is 12.1. The highest BCUT2D eigenvalue weighted by Gasteiger charge is 2.19. The van der Waals surface area contributed by atoms with Crippen molar-refractivity contribution in [1.82, 2.24) is 4.90 Å². The summed E-state index contributed by atoms with van der Waals surface area (Å²) in [5.41, 5.74) is 5.93. The molecule has 0 saturated heterocycles. The van der Waals surface area contributed by atoms with E-state index in [0.29, 0.717) is 12.2 Å². The molecule has 0 saturated carbocycles. The largest absolute Gasteiger partial charge is 0.497 e. The molecule has 2 amide bonds. The van der Waals surface area contributed by atoms with Crippen LogP contribution in [0.3, 0.4) is 0 Å². The Morgan fingerprint density at radius 2 is 1.95 bits per heavy atom. The van der Waals surface area contributed by atoms with Crippen LogP contribution in [0.1, 0.15) is 13.8 Å². The number of likely N-dealkylation sites (N-methyl/N-ethyl adjacent to an activating group) is 1. The van der Waals surface area contributed by atoms with Gasteiger partial charge in [-0.25, -0.2) is 0 Å². The Kier molecular flexibility index (Phi) is 5.99. The van der Waals surface area contributed by atoms with E-state index in [1.54, 1.807) is 43.2 Å². The number of primary amides is 1. The molecule has 20 heavy (non-hydrogen) atoms. The summed E-state index contributed by atoms with van der Waals surface area (Å²) in [6, 6.07) is 6.56. The number of hydrogen-bond donors (Lipinski definition) is 2. The van der Waals surface area contributed by atoms with Gasteiger partial charge in [0.1, 0.15) is 5.75 Å². The summed E-state index contributed by atoms with van der Waals surface area (Å²) in [6.07, 6.45) is 0. The van der Waals surface area contributed by atoms with Crippen molar-refractivity contribution in [1.29, 1.82) is 0 Å². The number of rotatable bonds is 7. The average Bonchev–Trinajstić information content (AvgIpc) is 2.44. The lowest BCUT2D eigenvalue weighted by Crippen LogP contribution is -2.46. The molecule has 0 aliphatic heterocycles. The molecule has 0 fully saturated rings. The van der Waals surface area contributed by atoms with Gasteiger partial charge < -0.3 is 15.8 Å². The highest BCUT2D eigenvalue weighted by Crippen LogP contribution is 2.15. The number of carbonyl (C=O) groups excluding carboxylic acids is 2. The van der Waals surface area contributed by atoms with Gasteiger partial charge in [0, 0.05) is 5.69 Å². The van der Waals surface area contributed by atoms with E-state index in [9.17, 15) is 9.59 Å². The van der Waals surface area contributed by atoms with Crippen molar-refractivity contribution in [3.8, 4) is 5.75 Å². The van der Waals surface area contributed by atoms with Gasteiger partial charge in [0.15, 0.2) is 0 Å². The SMILES string of the molecule is CCN(CC(=O)Nc1ccc(OC)cc1)[C@@H](C)C(N)=O. The van der Waals surface area contributed by atoms with Gasteiger partial charge >= 0.3 is 0 Å². The molecule has 0 aromatic heterocycles. The molecule has 0 heterocycles. The first kappa shape index (κ1) is 16.0. The van der Waals surface area contributed by atoms with Crippen LogP contribution in [-0.4, -0.2) is 43.0 Å². The van der Waals surface area contributed by atoms with Gasteiger partial charge in [0.25, 0.3) is 0 Å². The number of benzene rings is 1. The first-order chi connectivity index (χ1) is 9.47. The van der Waals surface area contributed by atoms with Crippen LogP contribution in [0.25, 0.3) is 0 Å². The van der Waals surface area contributed by atoms with E-state index in [0.717, 1.165) is 5.75 Å². The minimum Gasteiger partial charge on any atom is -0.497 e. The van der Waals surface area contributed by atoms with Crippen LogP contribution in [0, 0.1) is 0 Å². The molecule has 0 spiro atoms. The van der Waals surface area contributed by atoms with Crippen molar-refractivity contribution in [2.45, 2.75) is 19.9 Å². The third kappa shape index (κ3) is 4.55. The van der Waals surface area contributed by atoms with Crippen LogP contribution in [0.2, 0.25) is 0 Å². The summed E-state index contributed by atoms with van der Waals surface area (Å²) in [7, 11) is 1.58. The summed E-state index contributed by atoms with van der Waals surface area (Å²) in [5.74, 6) is 0.0924. The van der Waals surface area contributed by atoms with Gasteiger partial charge in [0.05, 0.1) is 19.7 Å². The Morgan fingerprint density at radius 1 is 1.35 bits per heavy atom. The number of nitrogens with zero attached hydrogens (tertiary/aromatic N) is 1. The van der Waals surface area contributed by atoms with Crippen molar-refractivity contribution in [3.63, 3.8) is 0 Å². The lowest BCUT2D eigenvalue weighted by molar-refractivity contribution is -0.124. The van der Waals surface area contributed by atoms with E-state index in [2.05, 4.69) is 5.32 Å². The van der Waals surface area contributed by atoms with Gasteiger partial charge in [-0.1, -0.05) is 6.92 Å². The van der Waals surface area contributed by atoms with Crippen molar-refractivity contribution < 1.29 is 14.3 Å². The minimum absolute atomic E-state index is 0.118. The van der Waals surface area contributed by atoms with Crippen molar-refractivity contribution in [3.05, 3.63) is 24.3 Å². The van der Waals surface area contributed by atoms with Gasteiger partial charge in [-0.2, -0.15) is 0 Å². The van der Waals surface area contributed by atoms with E-state index in [1.165, 1.54) is 0 Å². The Labute approximate surface area is 118 Å². The number of methoxy groups -OCH3 is 1. The Balaban J connectivity index is 2.59. The third-order valence-corrected chi connectivity index (χ3v) is 3.09. The van der Waals surface area contributed by atoms with Crippen LogP contribution in [0.15, 0.2) is 24.3 Å². The minimum atomic E-state index is -0.471. The number of anilines is 1. The summed E-state index contributed by atoms with van der Waals surface area (Å²) in [5, 5.41) is 2.76. The van der Waals surface area contributed by atoms with Crippen molar-refractivity contribution >= 4 is 17.5 Å². The van der Waals surface area contributed by atoms with Crippen LogP contribution < -0.4 is 15.8 Å². The summed E-state index contributed by atoms with van der Waals surface area (Å²) >= 11 is 0. The molecule has 1 rings (SSSR count). The van der Waals surface area contributed by atoms with Crippen LogP contribution in [0.4, 0.5) is 5.69 Å². The molecule has 3 N–H and O–H groups in total. The second kappa shape index (κ2) is 7.49. The second-order valence-corrected chi connectivity index (χ2v) is 4.42. The normalized spacial score (nSPS) is 12.0. The van der Waals surface area contributed by atoms with E-state index in [-0.39, 0.29) is 12.5 Å². The van der Waals surface area contributed by atoms with Gasteiger partial charge in [0.2, 0.25) is 11.8 Å². The Morgan fingerprint density at radius 3 is 2.40 bits per heavy atom. The Hall–Kier alpha value is -2.08. The number of hydrogen-bond acceptors (Lipinski definition) is 4. The van der Waals surface area contributed by atoms with Crippen LogP contribution >= 0.6 is 0 Å². The predicted molar refractivity (Wildman–Crippen MR) is 77.5 cm³/mol. The van der Waals surface area contributed by atoms with Crippen molar-refractivity contribution in [2.24, 2.45) is 5.73 Å². The zero-order valence-corrected chi connectivity index (χ0v) is 12.1. The maximum atomic E-state index is 11.9. The smallest absolute Gasteiger partial charge is 0.238 e. The van der Waals surface area contributed by atoms with E-state index in [4.69, 9.17) is 10.5 Å². The molecule has 110 valence electrons.